The van der Waals surface area contributed by atoms with Crippen LogP contribution in [-0.4, -0.2) is 42.9 Å². The lowest BCUT2D eigenvalue weighted by Crippen LogP contribution is -2.34. The highest BCUT2D eigenvalue weighted by molar-refractivity contribution is 5.96. The summed E-state index contributed by atoms with van der Waals surface area (Å²) < 4.78 is 0. The van der Waals surface area contributed by atoms with Gasteiger partial charge in [0.2, 0.25) is 5.91 Å². The van der Waals surface area contributed by atoms with E-state index >= 15 is 0 Å². The van der Waals surface area contributed by atoms with Crippen LogP contribution in [0, 0.1) is 18.8 Å². The third-order valence-electron chi connectivity index (χ3n) is 3.49. The van der Waals surface area contributed by atoms with Crippen molar-refractivity contribution < 1.29 is 9.59 Å². The topological polar surface area (TPSA) is 75.4 Å². The van der Waals surface area contributed by atoms with Crippen LogP contribution in [0.2, 0.25) is 0 Å². The molecule has 0 bridgehead atoms. The van der Waals surface area contributed by atoms with E-state index in [9.17, 15) is 9.59 Å². The standard InChI is InChI=1S/C16H19N3O2/c1-12-13(5-3-8-17)4-2-6-14(12)16(21)19-10-7-15(20)18-9-11-19/h2,4,6H,7-11,17H2,1H3,(H,18,20). The number of nitrogens with zero attached hydrogens (tertiary/aromatic N) is 1. The lowest BCUT2D eigenvalue weighted by molar-refractivity contribution is -0.120. The molecule has 0 aliphatic carbocycles. The number of nitrogens with one attached hydrogen (secondary N) is 1. The van der Waals surface area contributed by atoms with E-state index in [2.05, 4.69) is 17.2 Å². The third kappa shape index (κ3) is 3.61. The Labute approximate surface area is 124 Å². The second-order valence-corrected chi connectivity index (χ2v) is 4.88. The minimum atomic E-state index is -0.0552. The Bertz CT molecular complexity index is 614. The SMILES string of the molecule is Cc1c(C#CCN)cccc1C(=O)N1CCNC(=O)CC1. The number of rotatable bonds is 1. The lowest BCUT2D eigenvalue weighted by atomic mass is 10.0. The summed E-state index contributed by atoms with van der Waals surface area (Å²) in [7, 11) is 0. The molecular weight excluding hydrogens is 266 g/mol. The van der Waals surface area contributed by atoms with Crippen LogP contribution in [0.4, 0.5) is 0 Å². The quantitative estimate of drug-likeness (QED) is 0.727. The molecule has 0 saturated carbocycles. The first-order valence-electron chi connectivity index (χ1n) is 6.98. The van der Waals surface area contributed by atoms with E-state index in [-0.39, 0.29) is 18.4 Å². The summed E-state index contributed by atoms with van der Waals surface area (Å²) in [5.74, 6) is 5.72. The molecular formula is C16H19N3O2. The average Bonchev–Trinajstić information content (AvgIpc) is 2.70. The first-order valence-corrected chi connectivity index (χ1v) is 6.98. The molecule has 5 nitrogen and oxygen atoms in total. The minimum Gasteiger partial charge on any atom is -0.354 e. The van der Waals surface area contributed by atoms with Gasteiger partial charge in [0.25, 0.3) is 5.91 Å². The van der Waals surface area contributed by atoms with Crippen LogP contribution in [0.15, 0.2) is 18.2 Å². The maximum atomic E-state index is 12.6. The summed E-state index contributed by atoms with van der Waals surface area (Å²) in [6.45, 7) is 3.65. The summed E-state index contributed by atoms with van der Waals surface area (Å²) in [6, 6.07) is 5.50. The van der Waals surface area contributed by atoms with Gasteiger partial charge in [0, 0.05) is 37.2 Å². The van der Waals surface area contributed by atoms with Crippen molar-refractivity contribution in [1.82, 2.24) is 10.2 Å². The highest BCUT2D eigenvalue weighted by Gasteiger charge is 2.21. The van der Waals surface area contributed by atoms with Gasteiger partial charge in [-0.05, 0) is 24.6 Å². The molecule has 0 radical (unpaired) electrons. The van der Waals surface area contributed by atoms with Gasteiger partial charge in [-0.25, -0.2) is 0 Å². The molecule has 5 heteroatoms. The van der Waals surface area contributed by atoms with Crippen molar-refractivity contribution in [3.8, 4) is 11.8 Å². The molecule has 110 valence electrons. The predicted octanol–water partition coefficient (Wildman–Crippen LogP) is 0.267. The Morgan fingerprint density at radius 2 is 2.24 bits per heavy atom. The normalized spacial score (nSPS) is 14.8. The number of benzene rings is 1. The van der Waals surface area contributed by atoms with Crippen molar-refractivity contribution in [3.63, 3.8) is 0 Å². The fraction of sp³-hybridized carbons (Fsp3) is 0.375. The predicted molar refractivity (Wildman–Crippen MR) is 80.6 cm³/mol. The third-order valence-corrected chi connectivity index (χ3v) is 3.49. The van der Waals surface area contributed by atoms with E-state index in [1.165, 1.54) is 0 Å². The molecule has 0 spiro atoms. The Balaban J connectivity index is 2.24. The molecule has 1 aromatic rings. The fourth-order valence-electron chi connectivity index (χ4n) is 2.29. The maximum Gasteiger partial charge on any atom is 0.254 e. The van der Waals surface area contributed by atoms with Crippen LogP contribution < -0.4 is 11.1 Å². The number of carbonyl (C=O) groups excluding carboxylic acids is 2. The number of hydrogen-bond acceptors (Lipinski definition) is 3. The minimum absolute atomic E-state index is 0.00964. The van der Waals surface area contributed by atoms with Crippen molar-refractivity contribution in [2.75, 3.05) is 26.2 Å². The van der Waals surface area contributed by atoms with Crippen LogP contribution >= 0.6 is 0 Å². The molecule has 21 heavy (non-hydrogen) atoms. The molecule has 1 heterocycles. The van der Waals surface area contributed by atoms with E-state index in [0.29, 0.717) is 31.6 Å². The van der Waals surface area contributed by atoms with Gasteiger partial charge in [-0.15, -0.1) is 0 Å². The molecule has 0 atom stereocenters. The van der Waals surface area contributed by atoms with Gasteiger partial charge in [-0.3, -0.25) is 9.59 Å². The summed E-state index contributed by atoms with van der Waals surface area (Å²) in [5.41, 5.74) is 7.69. The zero-order valence-corrected chi connectivity index (χ0v) is 12.1. The van der Waals surface area contributed by atoms with Crippen molar-refractivity contribution in [2.45, 2.75) is 13.3 Å². The smallest absolute Gasteiger partial charge is 0.254 e. The van der Waals surface area contributed by atoms with E-state index in [4.69, 9.17) is 5.73 Å². The summed E-state index contributed by atoms with van der Waals surface area (Å²) in [6.07, 6.45) is 0.345. The Kier molecular flexibility index (Phi) is 4.96. The van der Waals surface area contributed by atoms with E-state index in [1.807, 2.05) is 19.1 Å². The number of amides is 2. The summed E-state index contributed by atoms with van der Waals surface area (Å²) in [5, 5.41) is 2.77. The van der Waals surface area contributed by atoms with E-state index in [0.717, 1.165) is 11.1 Å². The van der Waals surface area contributed by atoms with Gasteiger partial charge in [0.15, 0.2) is 0 Å². The first kappa shape index (κ1) is 15.1. The monoisotopic (exact) mass is 285 g/mol. The fourth-order valence-corrected chi connectivity index (χ4v) is 2.29. The van der Waals surface area contributed by atoms with Crippen LogP contribution in [0.3, 0.4) is 0 Å². The van der Waals surface area contributed by atoms with Crippen molar-refractivity contribution >= 4 is 11.8 Å². The van der Waals surface area contributed by atoms with Gasteiger partial charge in [-0.1, -0.05) is 17.9 Å². The molecule has 3 N–H and O–H groups in total. The van der Waals surface area contributed by atoms with Crippen LogP contribution in [0.1, 0.15) is 27.9 Å². The van der Waals surface area contributed by atoms with Crippen molar-refractivity contribution in [3.05, 3.63) is 34.9 Å². The molecule has 0 unspecified atom stereocenters. The maximum absolute atomic E-state index is 12.6. The van der Waals surface area contributed by atoms with Crippen LogP contribution in [-0.2, 0) is 4.79 Å². The summed E-state index contributed by atoms with van der Waals surface area (Å²) >= 11 is 0. The van der Waals surface area contributed by atoms with Crippen molar-refractivity contribution in [2.24, 2.45) is 5.73 Å². The zero-order chi connectivity index (χ0) is 15.2. The second-order valence-electron chi connectivity index (χ2n) is 4.88. The average molecular weight is 285 g/mol. The molecule has 0 aromatic heterocycles. The first-order chi connectivity index (χ1) is 10.1. The van der Waals surface area contributed by atoms with Gasteiger partial charge in [0.1, 0.15) is 0 Å². The zero-order valence-electron chi connectivity index (χ0n) is 12.1. The molecule has 1 aliphatic heterocycles. The highest BCUT2D eigenvalue weighted by atomic mass is 16.2. The Morgan fingerprint density at radius 1 is 1.43 bits per heavy atom. The highest BCUT2D eigenvalue weighted by Crippen LogP contribution is 2.16. The van der Waals surface area contributed by atoms with Gasteiger partial charge >= 0.3 is 0 Å². The Hall–Kier alpha value is -2.32. The molecule has 2 rings (SSSR count). The largest absolute Gasteiger partial charge is 0.354 e. The lowest BCUT2D eigenvalue weighted by Gasteiger charge is -2.20. The molecule has 1 aromatic carbocycles. The summed E-state index contributed by atoms with van der Waals surface area (Å²) in [4.78, 5) is 25.7. The molecule has 1 saturated heterocycles. The van der Waals surface area contributed by atoms with Crippen LogP contribution in [0.5, 0.6) is 0 Å². The van der Waals surface area contributed by atoms with E-state index in [1.54, 1.807) is 11.0 Å². The van der Waals surface area contributed by atoms with Gasteiger partial charge in [-0.2, -0.15) is 0 Å². The van der Waals surface area contributed by atoms with Gasteiger partial charge in [0.05, 0.1) is 6.54 Å². The molecule has 1 fully saturated rings. The Morgan fingerprint density at radius 3 is 3.00 bits per heavy atom. The molecule has 1 aliphatic rings. The van der Waals surface area contributed by atoms with Gasteiger partial charge < -0.3 is 16.0 Å². The number of hydrogen-bond donors (Lipinski definition) is 2. The number of nitrogens with two attached hydrogens (primary N) is 1. The molecule has 2 amide bonds. The van der Waals surface area contributed by atoms with Crippen molar-refractivity contribution in [1.29, 1.82) is 0 Å². The van der Waals surface area contributed by atoms with Crippen LogP contribution in [0.25, 0.3) is 0 Å². The number of carbonyl (C=O) groups is 2. The van der Waals surface area contributed by atoms with E-state index < -0.39 is 0 Å². The second kappa shape index (κ2) is 6.91.